The van der Waals surface area contributed by atoms with Crippen molar-refractivity contribution >= 4 is 18.0 Å². The highest BCUT2D eigenvalue weighted by Gasteiger charge is 2.06. The van der Waals surface area contributed by atoms with E-state index in [1.807, 2.05) is 48.5 Å². The zero-order valence-electron chi connectivity index (χ0n) is 11.0. The van der Waals surface area contributed by atoms with Crippen LogP contribution in [0.2, 0.25) is 0 Å². The second-order valence-corrected chi connectivity index (χ2v) is 4.55. The molecule has 0 saturated carbocycles. The first-order chi connectivity index (χ1) is 9.83. The summed E-state index contributed by atoms with van der Waals surface area (Å²) in [4.78, 5) is 0. The van der Waals surface area contributed by atoms with E-state index in [4.69, 9.17) is 4.74 Å². The van der Waals surface area contributed by atoms with Crippen LogP contribution >= 0.6 is 12.3 Å². The Morgan fingerprint density at radius 2 is 1.95 bits per heavy atom. The molecule has 102 valence electrons. The van der Waals surface area contributed by atoms with Crippen molar-refractivity contribution in [2.24, 2.45) is 0 Å². The molecule has 0 saturated heterocycles. The van der Waals surface area contributed by atoms with Gasteiger partial charge in [-0.3, -0.25) is 4.31 Å². The van der Waals surface area contributed by atoms with Crippen LogP contribution in [0.5, 0.6) is 5.75 Å². The average molecular weight is 287 g/mol. The van der Waals surface area contributed by atoms with Gasteiger partial charge in [0.2, 0.25) is 0 Å². The molecule has 2 aromatic carbocycles. The fourth-order valence-corrected chi connectivity index (χ4v) is 1.96. The van der Waals surface area contributed by atoms with Crippen molar-refractivity contribution in [2.45, 2.75) is 0 Å². The summed E-state index contributed by atoms with van der Waals surface area (Å²) in [6.07, 6.45) is 0. The molecule has 2 nitrogen and oxygen atoms in total. The van der Waals surface area contributed by atoms with Gasteiger partial charge in [0.25, 0.3) is 0 Å². The number of benzene rings is 2. The molecular formula is C16H14FNOS. The third-order valence-electron chi connectivity index (χ3n) is 2.65. The third-order valence-corrected chi connectivity index (χ3v) is 3.16. The summed E-state index contributed by atoms with van der Waals surface area (Å²) in [7, 11) is 1.58. The van der Waals surface area contributed by atoms with E-state index in [0.717, 1.165) is 11.3 Å². The lowest BCUT2D eigenvalue weighted by atomic mass is 10.2. The minimum absolute atomic E-state index is 0.153. The lowest BCUT2D eigenvalue weighted by Gasteiger charge is -2.16. The fourth-order valence-electron chi connectivity index (χ4n) is 1.66. The number of rotatable bonds is 4. The minimum atomic E-state index is 0.153. The van der Waals surface area contributed by atoms with Gasteiger partial charge in [0.15, 0.2) is 12.3 Å². The molecule has 20 heavy (non-hydrogen) atoms. The monoisotopic (exact) mass is 287 g/mol. The molecule has 2 aromatic rings. The van der Waals surface area contributed by atoms with Crippen LogP contribution in [0, 0.1) is 11.8 Å². The van der Waals surface area contributed by atoms with E-state index < -0.39 is 0 Å². The van der Waals surface area contributed by atoms with Gasteiger partial charge in [-0.2, -0.15) is 0 Å². The van der Waals surface area contributed by atoms with Gasteiger partial charge >= 0.3 is 0 Å². The van der Waals surface area contributed by atoms with Gasteiger partial charge in [-0.1, -0.05) is 36.1 Å². The number of methoxy groups -OCH3 is 1. The standard InChI is InChI=1S/C16H14FNOS/c1-19-16-11-5-10-15(13-16)18(20-17)12-6-9-14-7-3-2-4-8-14/h2-5,7-8,10-11,13H,12H2,1H3. The van der Waals surface area contributed by atoms with Crippen LogP contribution in [0.25, 0.3) is 0 Å². The van der Waals surface area contributed by atoms with Crippen molar-refractivity contribution in [3.8, 4) is 17.6 Å². The first kappa shape index (κ1) is 14.3. The van der Waals surface area contributed by atoms with Crippen LogP contribution in [-0.4, -0.2) is 13.7 Å². The Balaban J connectivity index is 2.08. The van der Waals surface area contributed by atoms with Gasteiger partial charge in [0, 0.05) is 11.6 Å². The molecule has 0 aliphatic heterocycles. The molecule has 0 fully saturated rings. The molecule has 0 spiro atoms. The molecule has 4 heteroatoms. The Kier molecular flexibility index (Phi) is 5.33. The van der Waals surface area contributed by atoms with Crippen molar-refractivity contribution in [3.63, 3.8) is 0 Å². The number of ether oxygens (including phenoxy) is 1. The van der Waals surface area contributed by atoms with Crippen LogP contribution in [0.15, 0.2) is 54.6 Å². The van der Waals surface area contributed by atoms with Crippen molar-refractivity contribution in [2.75, 3.05) is 18.0 Å². The van der Waals surface area contributed by atoms with Crippen molar-refractivity contribution < 1.29 is 8.62 Å². The predicted octanol–water partition coefficient (Wildman–Crippen LogP) is 4.09. The quantitative estimate of drug-likeness (QED) is 0.621. The summed E-state index contributed by atoms with van der Waals surface area (Å²) in [5, 5.41) is 0. The molecule has 0 heterocycles. The average Bonchev–Trinajstić information content (AvgIpc) is 2.52. The van der Waals surface area contributed by atoms with Gasteiger partial charge in [-0.15, -0.1) is 3.89 Å². The zero-order valence-corrected chi connectivity index (χ0v) is 11.9. The van der Waals surface area contributed by atoms with Gasteiger partial charge in [-0.25, -0.2) is 0 Å². The van der Waals surface area contributed by atoms with Crippen LogP contribution < -0.4 is 9.04 Å². The molecule has 0 radical (unpaired) electrons. The van der Waals surface area contributed by atoms with E-state index >= 15 is 0 Å². The van der Waals surface area contributed by atoms with Gasteiger partial charge < -0.3 is 4.74 Å². The summed E-state index contributed by atoms with van der Waals surface area (Å²) in [6.45, 7) is 0.295. The highest BCUT2D eigenvalue weighted by atomic mass is 32.2. The maximum absolute atomic E-state index is 13.0. The minimum Gasteiger partial charge on any atom is -0.497 e. The predicted molar refractivity (Wildman–Crippen MR) is 82.4 cm³/mol. The van der Waals surface area contributed by atoms with Crippen LogP contribution in [-0.2, 0) is 0 Å². The summed E-state index contributed by atoms with van der Waals surface area (Å²) < 4.78 is 19.6. The number of hydrogen-bond donors (Lipinski definition) is 0. The second kappa shape index (κ2) is 7.46. The van der Waals surface area contributed by atoms with E-state index in [1.165, 1.54) is 4.31 Å². The van der Waals surface area contributed by atoms with Crippen molar-refractivity contribution in [1.29, 1.82) is 0 Å². The van der Waals surface area contributed by atoms with E-state index in [-0.39, 0.29) is 12.3 Å². The Morgan fingerprint density at radius 3 is 2.65 bits per heavy atom. The highest BCUT2D eigenvalue weighted by Crippen LogP contribution is 2.26. The second-order valence-electron chi connectivity index (χ2n) is 3.97. The maximum Gasteiger partial charge on any atom is 0.166 e. The number of halogens is 1. The fraction of sp³-hybridized carbons (Fsp3) is 0.125. The van der Waals surface area contributed by atoms with E-state index in [1.54, 1.807) is 13.2 Å². The van der Waals surface area contributed by atoms with Crippen LogP contribution in [0.1, 0.15) is 5.56 Å². The molecule has 0 aliphatic carbocycles. The molecule has 0 N–H and O–H groups in total. The number of nitrogens with zero attached hydrogens (tertiary/aromatic N) is 1. The Morgan fingerprint density at radius 1 is 1.15 bits per heavy atom. The summed E-state index contributed by atoms with van der Waals surface area (Å²) in [6, 6.07) is 16.9. The largest absolute Gasteiger partial charge is 0.497 e. The van der Waals surface area contributed by atoms with Crippen molar-refractivity contribution in [1.82, 2.24) is 0 Å². The topological polar surface area (TPSA) is 12.5 Å². The molecule has 0 atom stereocenters. The summed E-state index contributed by atoms with van der Waals surface area (Å²) in [5.41, 5.74) is 1.64. The highest BCUT2D eigenvalue weighted by molar-refractivity contribution is 7.95. The summed E-state index contributed by atoms with van der Waals surface area (Å²) >= 11 is 0.153. The SMILES string of the molecule is COc1cccc(N(CC#Cc2ccccc2)SF)c1. The first-order valence-electron chi connectivity index (χ1n) is 6.07. The number of hydrogen-bond acceptors (Lipinski definition) is 3. The Bertz CT molecular complexity index is 607. The molecular weight excluding hydrogens is 273 g/mol. The molecule has 0 amide bonds. The van der Waals surface area contributed by atoms with Gasteiger partial charge in [0.1, 0.15) is 5.75 Å². The Labute approximate surface area is 123 Å². The Hall–Kier alpha value is -2.12. The lowest BCUT2D eigenvalue weighted by molar-refractivity contribution is 0.415. The maximum atomic E-state index is 13.0. The summed E-state index contributed by atoms with van der Waals surface area (Å²) in [5.74, 6) is 6.66. The van der Waals surface area contributed by atoms with Crippen LogP contribution in [0.4, 0.5) is 9.57 Å². The molecule has 0 unspecified atom stereocenters. The number of anilines is 1. The van der Waals surface area contributed by atoms with E-state index in [0.29, 0.717) is 12.3 Å². The van der Waals surface area contributed by atoms with E-state index in [9.17, 15) is 3.89 Å². The third kappa shape index (κ3) is 3.94. The first-order valence-corrected chi connectivity index (χ1v) is 6.75. The van der Waals surface area contributed by atoms with Crippen LogP contribution in [0.3, 0.4) is 0 Å². The zero-order chi connectivity index (χ0) is 14.2. The molecule has 0 aromatic heterocycles. The van der Waals surface area contributed by atoms with Gasteiger partial charge in [-0.05, 0) is 24.3 Å². The lowest BCUT2D eigenvalue weighted by Crippen LogP contribution is -2.12. The molecule has 0 aliphatic rings. The van der Waals surface area contributed by atoms with Crippen molar-refractivity contribution in [3.05, 3.63) is 60.2 Å². The van der Waals surface area contributed by atoms with Gasteiger partial charge in [0.05, 0.1) is 19.3 Å². The van der Waals surface area contributed by atoms with E-state index in [2.05, 4.69) is 11.8 Å². The molecule has 2 rings (SSSR count). The normalized spacial score (nSPS) is 9.50. The molecule has 0 bridgehead atoms. The smallest absolute Gasteiger partial charge is 0.166 e.